The molecule has 0 heterocycles. The maximum absolute atomic E-state index is 12.2. The van der Waals surface area contributed by atoms with E-state index < -0.39 is 0 Å². The molecule has 0 saturated heterocycles. The first-order valence-corrected chi connectivity index (χ1v) is 6.78. The Morgan fingerprint density at radius 3 is 2.60 bits per heavy atom. The number of hydrogen-bond acceptors (Lipinski definition) is 2. The van der Waals surface area contributed by atoms with Crippen molar-refractivity contribution in [2.45, 2.75) is 20.3 Å². The largest absolute Gasteiger partial charge is 0.330 e. The molecule has 20 heavy (non-hydrogen) atoms. The number of carbonyl (C=O) groups is 1. The smallest absolute Gasteiger partial charge is 0.255 e. The van der Waals surface area contributed by atoms with Gasteiger partial charge >= 0.3 is 0 Å². The van der Waals surface area contributed by atoms with Crippen molar-refractivity contribution in [3.63, 3.8) is 0 Å². The van der Waals surface area contributed by atoms with Crippen LogP contribution in [0.3, 0.4) is 0 Å². The van der Waals surface area contributed by atoms with Gasteiger partial charge in [0.15, 0.2) is 0 Å². The minimum absolute atomic E-state index is 0.0906. The second-order valence-electron chi connectivity index (χ2n) is 4.99. The number of aryl methyl sites for hydroxylation is 2. The fourth-order valence-electron chi connectivity index (χ4n) is 2.06. The normalized spacial score (nSPS) is 10.3. The van der Waals surface area contributed by atoms with Gasteiger partial charge in [-0.3, -0.25) is 4.79 Å². The molecule has 104 valence electrons. The Morgan fingerprint density at radius 1 is 1.10 bits per heavy atom. The van der Waals surface area contributed by atoms with Crippen LogP contribution in [-0.4, -0.2) is 12.5 Å². The lowest BCUT2D eigenvalue weighted by Crippen LogP contribution is -2.13. The summed E-state index contributed by atoms with van der Waals surface area (Å²) < 4.78 is 0. The molecule has 0 aliphatic heterocycles. The second kappa shape index (κ2) is 6.35. The zero-order valence-electron chi connectivity index (χ0n) is 11.9. The van der Waals surface area contributed by atoms with Crippen LogP contribution in [0.15, 0.2) is 42.5 Å². The summed E-state index contributed by atoms with van der Waals surface area (Å²) in [5, 5.41) is 2.93. The lowest BCUT2D eigenvalue weighted by molar-refractivity contribution is 0.102. The molecule has 0 aliphatic rings. The maximum Gasteiger partial charge on any atom is 0.255 e. The fraction of sp³-hybridized carbons (Fsp3) is 0.235. The summed E-state index contributed by atoms with van der Waals surface area (Å²) in [6.07, 6.45) is 0.782. The first-order chi connectivity index (χ1) is 9.60. The highest BCUT2D eigenvalue weighted by atomic mass is 16.1. The van der Waals surface area contributed by atoms with Crippen molar-refractivity contribution in [3.05, 3.63) is 64.7 Å². The van der Waals surface area contributed by atoms with E-state index in [-0.39, 0.29) is 5.91 Å². The molecule has 0 unspecified atom stereocenters. The molecule has 0 spiro atoms. The Morgan fingerprint density at radius 2 is 1.90 bits per heavy atom. The van der Waals surface area contributed by atoms with E-state index in [1.54, 1.807) is 0 Å². The van der Waals surface area contributed by atoms with Crippen LogP contribution < -0.4 is 11.1 Å². The third-order valence-electron chi connectivity index (χ3n) is 3.39. The van der Waals surface area contributed by atoms with E-state index in [0.717, 1.165) is 17.7 Å². The molecule has 3 N–H and O–H groups in total. The first-order valence-electron chi connectivity index (χ1n) is 6.78. The zero-order chi connectivity index (χ0) is 14.5. The van der Waals surface area contributed by atoms with Gasteiger partial charge in [0, 0.05) is 11.3 Å². The van der Waals surface area contributed by atoms with E-state index in [9.17, 15) is 4.79 Å². The summed E-state index contributed by atoms with van der Waals surface area (Å²) in [5.41, 5.74) is 10.5. The van der Waals surface area contributed by atoms with Gasteiger partial charge in [0.1, 0.15) is 0 Å². The van der Waals surface area contributed by atoms with Crippen LogP contribution in [0.2, 0.25) is 0 Å². The number of nitrogens with one attached hydrogen (secondary N) is 1. The molecule has 0 bridgehead atoms. The van der Waals surface area contributed by atoms with Crippen LogP contribution in [0.5, 0.6) is 0 Å². The summed E-state index contributed by atoms with van der Waals surface area (Å²) in [5.74, 6) is -0.0906. The number of rotatable bonds is 4. The Kier molecular flexibility index (Phi) is 4.53. The second-order valence-corrected chi connectivity index (χ2v) is 4.99. The van der Waals surface area contributed by atoms with E-state index >= 15 is 0 Å². The van der Waals surface area contributed by atoms with Gasteiger partial charge in [-0.05, 0) is 67.8 Å². The molecule has 0 radical (unpaired) electrons. The standard InChI is InChI=1S/C17H20N2O/c1-12-6-7-16(10-13(12)2)19-17(20)15-5-3-4-14(11-15)8-9-18/h3-7,10-11H,8-9,18H2,1-2H3,(H,19,20). The van der Waals surface area contributed by atoms with Gasteiger partial charge in [-0.15, -0.1) is 0 Å². The van der Waals surface area contributed by atoms with Gasteiger partial charge in [-0.1, -0.05) is 18.2 Å². The Bertz CT molecular complexity index is 620. The quantitative estimate of drug-likeness (QED) is 0.895. The molecule has 3 heteroatoms. The van der Waals surface area contributed by atoms with Crippen molar-refractivity contribution >= 4 is 11.6 Å². The van der Waals surface area contributed by atoms with Crippen molar-refractivity contribution in [1.82, 2.24) is 0 Å². The van der Waals surface area contributed by atoms with Crippen molar-refractivity contribution in [3.8, 4) is 0 Å². The fourth-order valence-corrected chi connectivity index (χ4v) is 2.06. The Hall–Kier alpha value is -2.13. The number of benzene rings is 2. The highest BCUT2D eigenvalue weighted by molar-refractivity contribution is 6.04. The number of carbonyl (C=O) groups excluding carboxylic acids is 1. The van der Waals surface area contributed by atoms with Gasteiger partial charge < -0.3 is 11.1 Å². The third-order valence-corrected chi connectivity index (χ3v) is 3.39. The minimum atomic E-state index is -0.0906. The van der Waals surface area contributed by atoms with Crippen LogP contribution in [-0.2, 0) is 6.42 Å². The maximum atomic E-state index is 12.2. The molecular weight excluding hydrogens is 248 g/mol. The predicted octanol–water partition coefficient (Wildman–Crippen LogP) is 3.06. The Labute approximate surface area is 119 Å². The van der Waals surface area contributed by atoms with Crippen molar-refractivity contribution < 1.29 is 4.79 Å². The highest BCUT2D eigenvalue weighted by Crippen LogP contribution is 2.15. The van der Waals surface area contributed by atoms with Crippen LogP contribution in [0.1, 0.15) is 27.0 Å². The van der Waals surface area contributed by atoms with Crippen LogP contribution >= 0.6 is 0 Å². The molecule has 2 aromatic rings. The summed E-state index contributed by atoms with van der Waals surface area (Å²) in [6.45, 7) is 4.67. The molecule has 2 aromatic carbocycles. The summed E-state index contributed by atoms with van der Waals surface area (Å²) >= 11 is 0. The van der Waals surface area contributed by atoms with E-state index in [1.807, 2.05) is 49.4 Å². The lowest BCUT2D eigenvalue weighted by atomic mass is 10.1. The van der Waals surface area contributed by atoms with Gasteiger partial charge in [0.2, 0.25) is 0 Å². The van der Waals surface area contributed by atoms with Crippen molar-refractivity contribution in [2.24, 2.45) is 5.73 Å². The van der Waals surface area contributed by atoms with Gasteiger partial charge in [0.05, 0.1) is 0 Å². The zero-order valence-corrected chi connectivity index (χ0v) is 11.9. The minimum Gasteiger partial charge on any atom is -0.330 e. The predicted molar refractivity (Wildman–Crippen MR) is 83.1 cm³/mol. The topological polar surface area (TPSA) is 55.1 Å². The van der Waals surface area contributed by atoms with E-state index in [4.69, 9.17) is 5.73 Å². The Balaban J connectivity index is 2.15. The highest BCUT2D eigenvalue weighted by Gasteiger charge is 2.07. The molecular formula is C17H20N2O. The average Bonchev–Trinajstić information content (AvgIpc) is 2.43. The number of hydrogen-bond donors (Lipinski definition) is 2. The molecule has 3 nitrogen and oxygen atoms in total. The summed E-state index contributed by atoms with van der Waals surface area (Å²) in [6, 6.07) is 13.5. The number of nitrogens with two attached hydrogens (primary N) is 1. The molecule has 0 aliphatic carbocycles. The molecule has 0 fully saturated rings. The van der Waals surface area contributed by atoms with E-state index in [0.29, 0.717) is 12.1 Å². The molecule has 0 aromatic heterocycles. The summed E-state index contributed by atoms with van der Waals surface area (Å²) in [7, 11) is 0. The lowest BCUT2D eigenvalue weighted by Gasteiger charge is -2.08. The van der Waals surface area contributed by atoms with Crippen molar-refractivity contribution in [2.75, 3.05) is 11.9 Å². The van der Waals surface area contributed by atoms with Crippen LogP contribution in [0.4, 0.5) is 5.69 Å². The summed E-state index contributed by atoms with van der Waals surface area (Å²) in [4.78, 5) is 12.2. The molecule has 0 atom stereocenters. The monoisotopic (exact) mass is 268 g/mol. The number of amides is 1. The number of anilines is 1. The SMILES string of the molecule is Cc1ccc(NC(=O)c2cccc(CCN)c2)cc1C. The molecule has 1 amide bonds. The average molecular weight is 268 g/mol. The van der Waals surface area contributed by atoms with E-state index in [1.165, 1.54) is 11.1 Å². The molecule has 0 saturated carbocycles. The van der Waals surface area contributed by atoms with Crippen LogP contribution in [0.25, 0.3) is 0 Å². The first kappa shape index (κ1) is 14.3. The van der Waals surface area contributed by atoms with Gasteiger partial charge in [-0.2, -0.15) is 0 Å². The van der Waals surface area contributed by atoms with Gasteiger partial charge in [-0.25, -0.2) is 0 Å². The van der Waals surface area contributed by atoms with Gasteiger partial charge in [0.25, 0.3) is 5.91 Å². The third kappa shape index (κ3) is 3.45. The van der Waals surface area contributed by atoms with Crippen LogP contribution in [0, 0.1) is 13.8 Å². The van der Waals surface area contributed by atoms with Crippen molar-refractivity contribution in [1.29, 1.82) is 0 Å². The molecule has 2 rings (SSSR count). The van der Waals surface area contributed by atoms with E-state index in [2.05, 4.69) is 12.2 Å².